The molecule has 0 radical (unpaired) electrons. The molecule has 1 saturated heterocycles. The summed E-state index contributed by atoms with van der Waals surface area (Å²) < 4.78 is 67.2. The van der Waals surface area contributed by atoms with Crippen LogP contribution in [-0.4, -0.2) is 68.6 Å². The number of rotatable bonds is 6. The van der Waals surface area contributed by atoms with Gasteiger partial charge in [-0.15, -0.1) is 0 Å². The first-order valence-electron chi connectivity index (χ1n) is 8.41. The number of halogens is 3. The summed E-state index contributed by atoms with van der Waals surface area (Å²) in [5.74, 6) is -0.487. The van der Waals surface area contributed by atoms with E-state index in [0.717, 1.165) is 25.4 Å². The zero-order valence-electron chi connectivity index (χ0n) is 15.0. The number of hydrogen-bond acceptors (Lipinski definition) is 6. The average Bonchev–Trinajstić information content (AvgIpc) is 2.58. The number of carbonyl (C=O) groups is 1. The molecule has 2 rings (SSSR count). The van der Waals surface area contributed by atoms with Crippen molar-refractivity contribution in [2.24, 2.45) is 5.92 Å². The topological polar surface area (TPSA) is 88.6 Å². The summed E-state index contributed by atoms with van der Waals surface area (Å²) in [6, 6.07) is 2.19. The van der Waals surface area contributed by atoms with Crippen LogP contribution in [0, 0.1) is 5.92 Å². The highest BCUT2D eigenvalue weighted by Crippen LogP contribution is 2.30. The fourth-order valence-corrected chi connectivity index (χ4v) is 3.64. The van der Waals surface area contributed by atoms with Gasteiger partial charge < -0.3 is 10.1 Å². The molecule has 1 aliphatic rings. The first-order chi connectivity index (χ1) is 12.5. The lowest BCUT2D eigenvalue weighted by atomic mass is 10.1. The molecule has 1 N–H and O–H groups in total. The summed E-state index contributed by atoms with van der Waals surface area (Å²) in [7, 11) is -5.73. The zero-order chi connectivity index (χ0) is 20.2. The third kappa shape index (κ3) is 5.39. The molecule has 1 aromatic rings. The zero-order valence-corrected chi connectivity index (χ0v) is 15.8. The molecule has 1 aromatic heterocycles. The molecule has 1 amide bonds. The van der Waals surface area contributed by atoms with Crippen molar-refractivity contribution in [2.75, 3.05) is 32.8 Å². The van der Waals surface area contributed by atoms with Gasteiger partial charge in [0.1, 0.15) is 0 Å². The number of alkyl halides is 3. The van der Waals surface area contributed by atoms with E-state index < -0.39 is 31.8 Å². The fourth-order valence-electron chi connectivity index (χ4n) is 2.78. The minimum absolute atomic E-state index is 0.0494. The Morgan fingerprint density at radius 3 is 2.78 bits per heavy atom. The van der Waals surface area contributed by atoms with E-state index in [1.807, 2.05) is 0 Å². The predicted octanol–water partition coefficient (Wildman–Crippen LogP) is 1.46. The molecule has 7 nitrogen and oxygen atoms in total. The van der Waals surface area contributed by atoms with Gasteiger partial charge in [0, 0.05) is 32.4 Å². The number of ether oxygens (including phenoxy) is 1. The monoisotopic (exact) mass is 409 g/mol. The maximum absolute atomic E-state index is 12.8. The van der Waals surface area contributed by atoms with E-state index in [4.69, 9.17) is 4.74 Å². The number of sulfone groups is 1. The van der Waals surface area contributed by atoms with Gasteiger partial charge in [-0.25, -0.2) is 13.4 Å². The van der Waals surface area contributed by atoms with Crippen molar-refractivity contribution in [3.05, 3.63) is 23.9 Å². The summed E-state index contributed by atoms with van der Waals surface area (Å²) in [6.07, 6.45) is 0.560. The number of nitrogens with zero attached hydrogens (tertiary/aromatic N) is 2. The van der Waals surface area contributed by atoms with Crippen LogP contribution < -0.4 is 5.32 Å². The maximum atomic E-state index is 12.8. The molecule has 1 aliphatic heterocycles. The number of hydrogen-bond donors (Lipinski definition) is 1. The van der Waals surface area contributed by atoms with Gasteiger partial charge in [0.05, 0.1) is 18.3 Å². The molecule has 0 spiro atoms. The highest BCUT2D eigenvalue weighted by Gasteiger charge is 2.49. The summed E-state index contributed by atoms with van der Waals surface area (Å²) in [5.41, 5.74) is -6.19. The van der Waals surface area contributed by atoms with Crippen LogP contribution >= 0.6 is 0 Å². The quantitative estimate of drug-likeness (QED) is 0.765. The van der Waals surface area contributed by atoms with E-state index in [0.29, 0.717) is 19.1 Å². The third-order valence-corrected chi connectivity index (χ3v) is 5.36. The standard InChI is InChI=1S/C16H22F3N3O4S/c1-11(2)9-22-6-7-26-12(10-22)8-21-14(23)13-4-3-5-20-15(13)27(24,25)16(17,18)19/h3-5,11-12H,6-10H2,1-2H3,(H,21,23). The van der Waals surface area contributed by atoms with Crippen LogP contribution in [0.5, 0.6) is 0 Å². The predicted molar refractivity (Wildman–Crippen MR) is 90.8 cm³/mol. The van der Waals surface area contributed by atoms with Gasteiger partial charge in [0.2, 0.25) is 0 Å². The van der Waals surface area contributed by atoms with E-state index in [1.165, 1.54) is 6.07 Å². The fraction of sp³-hybridized carbons (Fsp3) is 0.625. The molecule has 152 valence electrons. The van der Waals surface area contributed by atoms with E-state index in [1.54, 1.807) is 0 Å². The molecule has 11 heteroatoms. The van der Waals surface area contributed by atoms with Crippen LogP contribution in [0.2, 0.25) is 0 Å². The van der Waals surface area contributed by atoms with Crippen LogP contribution in [-0.2, 0) is 14.6 Å². The van der Waals surface area contributed by atoms with Crippen molar-refractivity contribution in [1.82, 2.24) is 15.2 Å². The molecule has 1 fully saturated rings. The van der Waals surface area contributed by atoms with Crippen molar-refractivity contribution in [3.8, 4) is 0 Å². The normalized spacial score (nSPS) is 19.3. The van der Waals surface area contributed by atoms with Crippen molar-refractivity contribution in [1.29, 1.82) is 0 Å². The summed E-state index contributed by atoms with van der Waals surface area (Å²) >= 11 is 0. The maximum Gasteiger partial charge on any atom is 0.503 e. The highest BCUT2D eigenvalue weighted by atomic mass is 32.2. The Morgan fingerprint density at radius 2 is 2.15 bits per heavy atom. The number of amides is 1. The molecule has 1 atom stereocenters. The van der Waals surface area contributed by atoms with E-state index in [9.17, 15) is 26.4 Å². The second-order valence-corrected chi connectivity index (χ2v) is 8.52. The lowest BCUT2D eigenvalue weighted by Gasteiger charge is -2.34. The van der Waals surface area contributed by atoms with Crippen LogP contribution in [0.3, 0.4) is 0 Å². The molecule has 1 unspecified atom stereocenters. The van der Waals surface area contributed by atoms with Gasteiger partial charge in [-0.1, -0.05) is 13.8 Å². The minimum Gasteiger partial charge on any atom is -0.374 e. The Kier molecular flexibility index (Phi) is 6.82. The number of aromatic nitrogens is 1. The van der Waals surface area contributed by atoms with Gasteiger partial charge >= 0.3 is 5.51 Å². The first-order valence-corrected chi connectivity index (χ1v) is 9.89. The summed E-state index contributed by atoms with van der Waals surface area (Å²) in [6.45, 7) is 6.89. The molecule has 0 aromatic carbocycles. The van der Waals surface area contributed by atoms with Gasteiger partial charge in [-0.3, -0.25) is 9.69 Å². The van der Waals surface area contributed by atoms with Crippen LogP contribution in [0.15, 0.2) is 23.4 Å². The van der Waals surface area contributed by atoms with Crippen molar-refractivity contribution in [2.45, 2.75) is 30.5 Å². The largest absolute Gasteiger partial charge is 0.503 e. The van der Waals surface area contributed by atoms with Crippen LogP contribution in [0.1, 0.15) is 24.2 Å². The SMILES string of the molecule is CC(C)CN1CCOC(CNC(=O)c2cccnc2S(=O)(=O)C(F)(F)F)C1. The van der Waals surface area contributed by atoms with Crippen molar-refractivity contribution in [3.63, 3.8) is 0 Å². The number of carbonyl (C=O) groups excluding carboxylic acids is 1. The molecular formula is C16H22F3N3O4S. The van der Waals surface area contributed by atoms with Crippen LogP contribution in [0.25, 0.3) is 0 Å². The lowest BCUT2D eigenvalue weighted by molar-refractivity contribution is -0.0438. The Morgan fingerprint density at radius 1 is 1.44 bits per heavy atom. The second kappa shape index (κ2) is 8.53. The number of pyridine rings is 1. The van der Waals surface area contributed by atoms with Crippen molar-refractivity contribution < 1.29 is 31.1 Å². The molecule has 0 saturated carbocycles. The van der Waals surface area contributed by atoms with Gasteiger partial charge in [0.15, 0.2) is 5.03 Å². The first kappa shape index (κ1) is 21.6. The molecular weight excluding hydrogens is 387 g/mol. The molecule has 2 heterocycles. The molecule has 27 heavy (non-hydrogen) atoms. The number of nitrogens with one attached hydrogen (secondary N) is 1. The Hall–Kier alpha value is -1.72. The molecule has 0 aliphatic carbocycles. The molecule has 0 bridgehead atoms. The van der Waals surface area contributed by atoms with E-state index in [-0.39, 0.29) is 12.6 Å². The van der Waals surface area contributed by atoms with Crippen molar-refractivity contribution >= 4 is 15.7 Å². The summed E-state index contributed by atoms with van der Waals surface area (Å²) in [5, 5.41) is 1.14. The van der Waals surface area contributed by atoms with Gasteiger partial charge in [0.25, 0.3) is 15.7 Å². The number of morpholine rings is 1. The average molecular weight is 409 g/mol. The second-order valence-electron chi connectivity index (χ2n) is 6.66. The Bertz CT molecular complexity index is 768. The van der Waals surface area contributed by atoms with E-state index in [2.05, 4.69) is 29.0 Å². The summed E-state index contributed by atoms with van der Waals surface area (Å²) in [4.78, 5) is 17.7. The van der Waals surface area contributed by atoms with Gasteiger partial charge in [-0.2, -0.15) is 13.2 Å². The highest BCUT2D eigenvalue weighted by molar-refractivity contribution is 7.92. The van der Waals surface area contributed by atoms with Crippen LogP contribution in [0.4, 0.5) is 13.2 Å². The Balaban J connectivity index is 2.07. The Labute approximate surface area is 155 Å². The lowest BCUT2D eigenvalue weighted by Crippen LogP contribution is -2.48. The van der Waals surface area contributed by atoms with E-state index >= 15 is 0 Å². The smallest absolute Gasteiger partial charge is 0.374 e. The van der Waals surface area contributed by atoms with Gasteiger partial charge in [-0.05, 0) is 18.1 Å². The third-order valence-electron chi connectivity index (χ3n) is 3.91. The minimum atomic E-state index is -5.73.